The molecule has 1 N–H and O–H groups in total. The van der Waals surface area contributed by atoms with Crippen LogP contribution in [0.1, 0.15) is 22.9 Å². The molecule has 0 unspecified atom stereocenters. The Bertz CT molecular complexity index is 648. The zero-order chi connectivity index (χ0) is 15.2. The van der Waals surface area contributed by atoms with Crippen molar-refractivity contribution in [2.75, 3.05) is 6.61 Å². The number of hydrazone groups is 1. The van der Waals surface area contributed by atoms with E-state index in [1.54, 1.807) is 11.3 Å². The lowest BCUT2D eigenvalue weighted by Gasteiger charge is -2.09. The smallest absolute Gasteiger partial charge is 0.277 e. The number of hydrogen-bond acceptors (Lipinski definition) is 4. The summed E-state index contributed by atoms with van der Waals surface area (Å²) >= 11 is 1.58. The van der Waals surface area contributed by atoms with E-state index >= 15 is 0 Å². The van der Waals surface area contributed by atoms with Crippen molar-refractivity contribution in [3.8, 4) is 5.75 Å². The predicted octanol–water partition coefficient (Wildman–Crippen LogP) is 3.28. The summed E-state index contributed by atoms with van der Waals surface area (Å²) in [5.74, 6) is 0.455. The first-order chi connectivity index (χ1) is 10.1. The Morgan fingerprint density at radius 3 is 2.86 bits per heavy atom. The fourth-order valence-corrected chi connectivity index (χ4v) is 2.40. The number of hydrogen-bond donors (Lipinski definition) is 1. The van der Waals surface area contributed by atoms with Gasteiger partial charge in [0.25, 0.3) is 5.91 Å². The van der Waals surface area contributed by atoms with Gasteiger partial charge in [0.15, 0.2) is 6.61 Å². The van der Waals surface area contributed by atoms with Crippen molar-refractivity contribution in [1.29, 1.82) is 0 Å². The Balaban J connectivity index is 1.88. The molecule has 1 aromatic heterocycles. The Labute approximate surface area is 128 Å². The number of nitrogens with one attached hydrogen (secondary N) is 1. The van der Waals surface area contributed by atoms with Gasteiger partial charge in [-0.05, 0) is 49.4 Å². The topological polar surface area (TPSA) is 50.7 Å². The first kappa shape index (κ1) is 15.3. The molecular formula is C16H18N2O2S. The minimum atomic E-state index is -0.271. The first-order valence-corrected chi connectivity index (χ1v) is 7.51. The van der Waals surface area contributed by atoms with Gasteiger partial charge in [0.05, 0.1) is 5.71 Å². The molecule has 2 aromatic rings. The highest BCUT2D eigenvalue weighted by atomic mass is 32.1. The summed E-state index contributed by atoms with van der Waals surface area (Å²) < 4.78 is 5.52. The third-order valence-corrected chi connectivity index (χ3v) is 3.91. The van der Waals surface area contributed by atoms with E-state index in [-0.39, 0.29) is 12.5 Å². The number of carbonyl (C=O) groups excluding carboxylic acids is 1. The number of nitrogens with zero attached hydrogens (tertiary/aromatic N) is 1. The van der Waals surface area contributed by atoms with Gasteiger partial charge in [-0.2, -0.15) is 5.10 Å². The standard InChI is InChI=1S/C16H18N2O2S/c1-11-6-7-12(2)14(9-11)20-10-16(19)18-17-13(3)15-5-4-8-21-15/h4-9H,10H2,1-3H3,(H,18,19)/b17-13-. The van der Waals surface area contributed by atoms with Crippen molar-refractivity contribution in [3.05, 3.63) is 51.7 Å². The fraction of sp³-hybridized carbons (Fsp3) is 0.250. The second kappa shape index (κ2) is 7.04. The molecule has 0 bridgehead atoms. The third kappa shape index (κ3) is 4.43. The highest BCUT2D eigenvalue weighted by Crippen LogP contribution is 2.18. The summed E-state index contributed by atoms with van der Waals surface area (Å²) in [6, 6.07) is 9.81. The lowest BCUT2D eigenvalue weighted by Crippen LogP contribution is -2.25. The molecule has 1 amide bonds. The van der Waals surface area contributed by atoms with Crippen LogP contribution in [0.25, 0.3) is 0 Å². The maximum Gasteiger partial charge on any atom is 0.277 e. The van der Waals surface area contributed by atoms with E-state index in [0.29, 0.717) is 0 Å². The summed E-state index contributed by atoms with van der Waals surface area (Å²) in [5, 5.41) is 6.04. The molecule has 110 valence electrons. The van der Waals surface area contributed by atoms with Gasteiger partial charge in [-0.15, -0.1) is 11.3 Å². The summed E-state index contributed by atoms with van der Waals surface area (Å²) in [6.07, 6.45) is 0. The number of rotatable bonds is 5. The molecule has 0 saturated heterocycles. The quantitative estimate of drug-likeness (QED) is 0.680. The first-order valence-electron chi connectivity index (χ1n) is 6.63. The Kier molecular flexibility index (Phi) is 5.11. The zero-order valence-corrected chi connectivity index (χ0v) is 13.2. The minimum Gasteiger partial charge on any atom is -0.483 e. The van der Waals surface area contributed by atoms with Gasteiger partial charge in [0.1, 0.15) is 5.75 Å². The minimum absolute atomic E-state index is 0.0501. The van der Waals surface area contributed by atoms with Crippen molar-refractivity contribution in [2.45, 2.75) is 20.8 Å². The molecule has 0 spiro atoms. The lowest BCUT2D eigenvalue weighted by molar-refractivity contribution is -0.123. The van der Waals surface area contributed by atoms with Crippen molar-refractivity contribution >= 4 is 23.0 Å². The molecule has 21 heavy (non-hydrogen) atoms. The highest BCUT2D eigenvalue weighted by Gasteiger charge is 2.05. The number of ether oxygens (including phenoxy) is 1. The van der Waals surface area contributed by atoms with E-state index in [2.05, 4.69) is 10.5 Å². The van der Waals surface area contributed by atoms with Crippen LogP contribution in [-0.4, -0.2) is 18.2 Å². The number of thiophene rings is 1. The molecule has 1 aromatic carbocycles. The monoisotopic (exact) mass is 302 g/mol. The molecule has 0 aliphatic heterocycles. The molecule has 0 saturated carbocycles. The zero-order valence-electron chi connectivity index (χ0n) is 12.3. The molecule has 4 nitrogen and oxygen atoms in total. The van der Waals surface area contributed by atoms with Gasteiger partial charge in [-0.1, -0.05) is 18.2 Å². The van der Waals surface area contributed by atoms with E-state index < -0.39 is 0 Å². The fourth-order valence-electron chi connectivity index (χ4n) is 1.72. The lowest BCUT2D eigenvalue weighted by atomic mass is 10.1. The second-order valence-electron chi connectivity index (χ2n) is 4.77. The molecule has 0 aliphatic carbocycles. The van der Waals surface area contributed by atoms with E-state index in [1.807, 2.05) is 56.5 Å². The maximum atomic E-state index is 11.7. The Morgan fingerprint density at radius 2 is 2.14 bits per heavy atom. The van der Waals surface area contributed by atoms with Crippen LogP contribution in [0.15, 0.2) is 40.8 Å². The number of carbonyl (C=O) groups is 1. The van der Waals surface area contributed by atoms with Crippen molar-refractivity contribution in [1.82, 2.24) is 5.43 Å². The number of benzene rings is 1. The molecule has 0 radical (unpaired) electrons. The molecule has 5 heteroatoms. The van der Waals surface area contributed by atoms with Gasteiger partial charge in [0.2, 0.25) is 0 Å². The molecule has 0 aliphatic rings. The van der Waals surface area contributed by atoms with Crippen LogP contribution >= 0.6 is 11.3 Å². The molecular weight excluding hydrogens is 284 g/mol. The van der Waals surface area contributed by atoms with E-state index in [0.717, 1.165) is 27.5 Å². The van der Waals surface area contributed by atoms with Crippen LogP contribution in [0.3, 0.4) is 0 Å². The van der Waals surface area contributed by atoms with Crippen molar-refractivity contribution < 1.29 is 9.53 Å². The van der Waals surface area contributed by atoms with Gasteiger partial charge in [-0.3, -0.25) is 4.79 Å². The van der Waals surface area contributed by atoms with Crippen molar-refractivity contribution in [3.63, 3.8) is 0 Å². The Morgan fingerprint density at radius 1 is 1.33 bits per heavy atom. The molecule has 2 rings (SSSR count). The van der Waals surface area contributed by atoms with E-state index in [4.69, 9.17) is 4.74 Å². The molecule has 1 heterocycles. The second-order valence-corrected chi connectivity index (χ2v) is 5.71. The largest absolute Gasteiger partial charge is 0.483 e. The summed E-state index contributed by atoms with van der Waals surface area (Å²) in [7, 11) is 0. The number of amides is 1. The van der Waals surface area contributed by atoms with Gasteiger partial charge in [0, 0.05) is 4.88 Å². The molecule has 0 atom stereocenters. The average Bonchev–Trinajstić information content (AvgIpc) is 3.00. The maximum absolute atomic E-state index is 11.7. The van der Waals surface area contributed by atoms with Crippen LogP contribution in [0.4, 0.5) is 0 Å². The number of aryl methyl sites for hydroxylation is 2. The summed E-state index contributed by atoms with van der Waals surface area (Å²) in [6.45, 7) is 5.75. The van der Waals surface area contributed by atoms with Crippen LogP contribution in [-0.2, 0) is 4.79 Å². The van der Waals surface area contributed by atoms with Gasteiger partial charge in [-0.25, -0.2) is 5.43 Å². The average molecular weight is 302 g/mol. The van der Waals surface area contributed by atoms with Gasteiger partial charge < -0.3 is 4.74 Å². The van der Waals surface area contributed by atoms with E-state index in [9.17, 15) is 4.79 Å². The summed E-state index contributed by atoms with van der Waals surface area (Å²) in [5.41, 5.74) is 5.39. The SMILES string of the molecule is C/C(=N/NC(=O)COc1cc(C)ccc1C)c1cccs1. The predicted molar refractivity (Wildman–Crippen MR) is 86.1 cm³/mol. The van der Waals surface area contributed by atoms with Crippen LogP contribution < -0.4 is 10.2 Å². The van der Waals surface area contributed by atoms with Crippen LogP contribution in [0, 0.1) is 13.8 Å². The van der Waals surface area contributed by atoms with Crippen LogP contribution in [0.5, 0.6) is 5.75 Å². The van der Waals surface area contributed by atoms with E-state index in [1.165, 1.54) is 0 Å². The van der Waals surface area contributed by atoms with Crippen LogP contribution in [0.2, 0.25) is 0 Å². The summed E-state index contributed by atoms with van der Waals surface area (Å²) in [4.78, 5) is 12.8. The van der Waals surface area contributed by atoms with Crippen molar-refractivity contribution in [2.24, 2.45) is 5.10 Å². The molecule has 0 fully saturated rings. The third-order valence-electron chi connectivity index (χ3n) is 2.93. The Hall–Kier alpha value is -2.14. The normalized spacial score (nSPS) is 11.3. The van der Waals surface area contributed by atoms with Gasteiger partial charge >= 0.3 is 0 Å². The highest BCUT2D eigenvalue weighted by molar-refractivity contribution is 7.12.